The van der Waals surface area contributed by atoms with Crippen LogP contribution in [-0.4, -0.2) is 10.1 Å². The molecule has 0 bridgehead atoms. The summed E-state index contributed by atoms with van der Waals surface area (Å²) in [6.45, 7) is 0. The van der Waals surface area contributed by atoms with Crippen LogP contribution in [0.1, 0.15) is 0 Å². The van der Waals surface area contributed by atoms with Crippen molar-refractivity contribution < 1.29 is 4.52 Å². The molecule has 0 N–H and O–H groups in total. The highest BCUT2D eigenvalue weighted by molar-refractivity contribution is 6.04. The van der Waals surface area contributed by atoms with Gasteiger partial charge in [0.25, 0.3) is 0 Å². The van der Waals surface area contributed by atoms with E-state index in [1.807, 2.05) is 24.4 Å². The molecule has 3 heteroatoms. The number of fused-ring (bicyclic) bond motifs is 3. The fourth-order valence-electron chi connectivity index (χ4n) is 1.50. The second kappa shape index (κ2) is 2.29. The molecule has 0 atom stereocenters. The van der Waals surface area contributed by atoms with Crippen LogP contribution < -0.4 is 0 Å². The van der Waals surface area contributed by atoms with E-state index in [1.165, 1.54) is 0 Å². The fourth-order valence-corrected chi connectivity index (χ4v) is 1.50. The van der Waals surface area contributed by atoms with Gasteiger partial charge in [-0.3, -0.25) is 4.98 Å². The van der Waals surface area contributed by atoms with Gasteiger partial charge in [-0.25, -0.2) is 0 Å². The van der Waals surface area contributed by atoms with Crippen LogP contribution in [0.15, 0.2) is 41.4 Å². The number of pyridine rings is 1. The van der Waals surface area contributed by atoms with Crippen LogP contribution in [0, 0.1) is 0 Å². The third-order valence-electron chi connectivity index (χ3n) is 2.15. The minimum atomic E-state index is 0.903. The Kier molecular flexibility index (Phi) is 1.16. The highest BCUT2D eigenvalue weighted by atomic mass is 16.5. The first kappa shape index (κ1) is 6.60. The number of nitrogens with zero attached hydrogens (tertiary/aromatic N) is 2. The average Bonchev–Trinajstić information content (AvgIpc) is 2.65. The highest BCUT2D eigenvalue weighted by Crippen LogP contribution is 2.22. The van der Waals surface area contributed by atoms with Gasteiger partial charge >= 0.3 is 0 Å². The summed E-state index contributed by atoms with van der Waals surface area (Å²) in [6, 6.07) is 5.94. The van der Waals surface area contributed by atoms with Gasteiger partial charge in [0.1, 0.15) is 11.8 Å². The molecule has 0 aliphatic rings. The first-order valence-electron chi connectivity index (χ1n) is 4.02. The largest absolute Gasteiger partial charge is 0.363 e. The van der Waals surface area contributed by atoms with Crippen molar-refractivity contribution in [2.24, 2.45) is 0 Å². The van der Waals surface area contributed by atoms with Crippen molar-refractivity contribution in [2.75, 3.05) is 0 Å². The fraction of sp³-hybridized carbons (Fsp3) is 0. The topological polar surface area (TPSA) is 38.9 Å². The van der Waals surface area contributed by atoms with Crippen LogP contribution in [-0.2, 0) is 0 Å². The van der Waals surface area contributed by atoms with E-state index in [2.05, 4.69) is 10.1 Å². The molecule has 0 spiro atoms. The van der Waals surface area contributed by atoms with Crippen LogP contribution in [0.4, 0.5) is 0 Å². The van der Waals surface area contributed by atoms with E-state index in [0.29, 0.717) is 0 Å². The molecule has 0 saturated carbocycles. The molecule has 0 amide bonds. The first-order chi connectivity index (χ1) is 6.45. The maximum absolute atomic E-state index is 4.90. The van der Waals surface area contributed by atoms with Gasteiger partial charge in [-0.15, -0.1) is 0 Å². The Balaban J connectivity index is 2.65. The molecule has 3 aromatic rings. The Bertz CT molecular complexity index is 571. The van der Waals surface area contributed by atoms with E-state index in [-0.39, 0.29) is 0 Å². The average molecular weight is 170 g/mol. The van der Waals surface area contributed by atoms with Crippen molar-refractivity contribution in [3.8, 4) is 0 Å². The van der Waals surface area contributed by atoms with Gasteiger partial charge < -0.3 is 4.52 Å². The summed E-state index contributed by atoms with van der Waals surface area (Å²) in [7, 11) is 0. The van der Waals surface area contributed by atoms with E-state index in [0.717, 1.165) is 21.7 Å². The van der Waals surface area contributed by atoms with E-state index in [4.69, 9.17) is 4.52 Å². The zero-order valence-electron chi connectivity index (χ0n) is 6.77. The zero-order valence-corrected chi connectivity index (χ0v) is 6.77. The van der Waals surface area contributed by atoms with Crippen LogP contribution in [0.3, 0.4) is 0 Å². The minimum Gasteiger partial charge on any atom is -0.363 e. The summed E-state index contributed by atoms with van der Waals surface area (Å²) in [5.41, 5.74) is 0.903. The lowest BCUT2D eigenvalue weighted by Crippen LogP contribution is -1.76. The molecular weight excluding hydrogens is 164 g/mol. The lowest BCUT2D eigenvalue weighted by molar-refractivity contribution is 0.428. The Labute approximate surface area is 74.0 Å². The number of benzene rings is 1. The van der Waals surface area contributed by atoms with Crippen molar-refractivity contribution in [2.45, 2.75) is 0 Å². The Morgan fingerprint density at radius 1 is 1.08 bits per heavy atom. The van der Waals surface area contributed by atoms with E-state index in [1.54, 1.807) is 12.5 Å². The molecule has 0 saturated heterocycles. The smallest absolute Gasteiger partial charge is 0.131 e. The van der Waals surface area contributed by atoms with Crippen LogP contribution in [0.2, 0.25) is 0 Å². The number of aromatic nitrogens is 2. The van der Waals surface area contributed by atoms with Crippen molar-refractivity contribution in [1.29, 1.82) is 0 Å². The highest BCUT2D eigenvalue weighted by Gasteiger charge is 2.02. The van der Waals surface area contributed by atoms with E-state index >= 15 is 0 Å². The summed E-state index contributed by atoms with van der Waals surface area (Å²) < 4.78 is 4.90. The SMILES string of the molecule is c1cc2c(ccc3conc32)cn1. The summed E-state index contributed by atoms with van der Waals surface area (Å²) >= 11 is 0. The molecule has 2 heterocycles. The predicted octanol–water partition coefficient (Wildman–Crippen LogP) is 2.38. The van der Waals surface area contributed by atoms with Crippen molar-refractivity contribution in [3.63, 3.8) is 0 Å². The molecule has 62 valence electrons. The Morgan fingerprint density at radius 2 is 2.00 bits per heavy atom. The van der Waals surface area contributed by atoms with Crippen LogP contribution in [0.25, 0.3) is 21.7 Å². The number of hydrogen-bond acceptors (Lipinski definition) is 3. The predicted molar refractivity (Wildman–Crippen MR) is 49.3 cm³/mol. The second-order valence-electron chi connectivity index (χ2n) is 2.91. The maximum atomic E-state index is 4.90. The zero-order chi connectivity index (χ0) is 8.67. The van der Waals surface area contributed by atoms with Gasteiger partial charge in [-0.05, 0) is 12.1 Å². The van der Waals surface area contributed by atoms with Gasteiger partial charge in [0.2, 0.25) is 0 Å². The second-order valence-corrected chi connectivity index (χ2v) is 2.91. The van der Waals surface area contributed by atoms with Crippen LogP contribution in [0.5, 0.6) is 0 Å². The summed E-state index contributed by atoms with van der Waals surface area (Å²) in [5, 5.41) is 7.14. The molecular formula is C10H6N2O. The molecule has 1 aromatic carbocycles. The molecule has 0 aliphatic heterocycles. The van der Waals surface area contributed by atoms with E-state index in [9.17, 15) is 0 Å². The Hall–Kier alpha value is -1.90. The molecule has 3 nitrogen and oxygen atoms in total. The van der Waals surface area contributed by atoms with Gasteiger partial charge in [0, 0.05) is 28.6 Å². The molecule has 0 aliphatic carbocycles. The molecule has 3 rings (SSSR count). The lowest BCUT2D eigenvalue weighted by atomic mass is 10.1. The van der Waals surface area contributed by atoms with E-state index < -0.39 is 0 Å². The van der Waals surface area contributed by atoms with Crippen molar-refractivity contribution in [1.82, 2.24) is 10.1 Å². The van der Waals surface area contributed by atoms with Crippen molar-refractivity contribution in [3.05, 3.63) is 36.9 Å². The molecule has 0 radical (unpaired) electrons. The normalized spacial score (nSPS) is 11.1. The summed E-state index contributed by atoms with van der Waals surface area (Å²) in [6.07, 6.45) is 5.23. The van der Waals surface area contributed by atoms with Crippen molar-refractivity contribution >= 4 is 21.7 Å². The van der Waals surface area contributed by atoms with Gasteiger partial charge in [0.05, 0.1) is 0 Å². The molecule has 0 fully saturated rings. The summed E-state index contributed by atoms with van der Waals surface area (Å²) in [5.74, 6) is 0. The standard InChI is InChI=1S/C10H6N2O/c1-2-8-6-13-12-10(8)9-3-4-11-5-7(1)9/h1-6H. The van der Waals surface area contributed by atoms with Gasteiger partial charge in [-0.1, -0.05) is 11.2 Å². The summed E-state index contributed by atoms with van der Waals surface area (Å²) in [4.78, 5) is 4.05. The number of rotatable bonds is 0. The minimum absolute atomic E-state index is 0.903. The monoisotopic (exact) mass is 170 g/mol. The lowest BCUT2D eigenvalue weighted by Gasteiger charge is -1.94. The maximum Gasteiger partial charge on any atom is 0.131 e. The third-order valence-corrected chi connectivity index (χ3v) is 2.15. The van der Waals surface area contributed by atoms with Gasteiger partial charge in [-0.2, -0.15) is 0 Å². The Morgan fingerprint density at radius 3 is 3.00 bits per heavy atom. The molecule has 0 unspecified atom stereocenters. The van der Waals surface area contributed by atoms with Gasteiger partial charge in [0.15, 0.2) is 0 Å². The molecule has 13 heavy (non-hydrogen) atoms. The quantitative estimate of drug-likeness (QED) is 0.520. The first-order valence-corrected chi connectivity index (χ1v) is 4.02. The molecule has 2 aromatic heterocycles. The third kappa shape index (κ3) is 0.839. The number of hydrogen-bond donors (Lipinski definition) is 0. The van der Waals surface area contributed by atoms with Crippen LogP contribution >= 0.6 is 0 Å².